The Morgan fingerprint density at radius 1 is 1.04 bits per heavy atom. The van der Waals surface area contributed by atoms with Gasteiger partial charge < -0.3 is 5.32 Å². The zero-order valence-corrected chi connectivity index (χ0v) is 18.2. The molecule has 0 aliphatic carbocycles. The molecule has 1 fully saturated rings. The number of benzene rings is 1. The molecule has 0 spiro atoms. The van der Waals surface area contributed by atoms with Crippen LogP contribution in [0.3, 0.4) is 0 Å². The third-order valence-electron chi connectivity index (χ3n) is 4.53. The number of sulfonamides is 1. The van der Waals surface area contributed by atoms with Crippen LogP contribution in [-0.4, -0.2) is 31.7 Å². The van der Waals surface area contributed by atoms with Crippen molar-refractivity contribution in [1.29, 1.82) is 0 Å². The van der Waals surface area contributed by atoms with Gasteiger partial charge in [-0.25, -0.2) is 8.42 Å². The lowest BCUT2D eigenvalue weighted by Gasteiger charge is -2.18. The van der Waals surface area contributed by atoms with Crippen molar-refractivity contribution < 1.29 is 13.2 Å². The lowest BCUT2D eigenvalue weighted by Crippen LogP contribution is -2.31. The first kappa shape index (κ1) is 20.5. The Morgan fingerprint density at radius 3 is 2.37 bits per heavy atom. The van der Waals surface area contributed by atoms with Crippen molar-refractivity contribution in [1.82, 2.24) is 9.62 Å². The van der Waals surface area contributed by atoms with Gasteiger partial charge in [0, 0.05) is 22.4 Å². The third kappa shape index (κ3) is 5.63. The number of thiophene rings is 1. The molecule has 1 amide bonds. The summed E-state index contributed by atoms with van der Waals surface area (Å²) in [6.07, 6.45) is 4.32. The van der Waals surface area contributed by atoms with Gasteiger partial charge in [-0.05, 0) is 42.7 Å². The van der Waals surface area contributed by atoms with Gasteiger partial charge in [0.1, 0.15) is 4.21 Å². The number of carbonyl (C=O) groups is 1. The van der Waals surface area contributed by atoms with Crippen LogP contribution >= 0.6 is 27.3 Å². The minimum Gasteiger partial charge on any atom is -0.351 e. The number of nitrogens with one attached hydrogen (secondary N) is 1. The molecule has 0 atom stereocenters. The summed E-state index contributed by atoms with van der Waals surface area (Å²) in [6.45, 7) is 1.54. The van der Waals surface area contributed by atoms with E-state index in [4.69, 9.17) is 0 Å². The molecule has 146 valence electrons. The average molecular weight is 471 g/mol. The molecule has 1 aromatic carbocycles. The Kier molecular flexibility index (Phi) is 7.08. The van der Waals surface area contributed by atoms with Gasteiger partial charge in [-0.2, -0.15) is 4.31 Å². The van der Waals surface area contributed by atoms with E-state index in [0.717, 1.165) is 40.6 Å². The zero-order chi connectivity index (χ0) is 19.3. The van der Waals surface area contributed by atoms with Crippen LogP contribution in [-0.2, 0) is 27.8 Å². The van der Waals surface area contributed by atoms with Gasteiger partial charge >= 0.3 is 0 Å². The Hall–Kier alpha value is -1.22. The van der Waals surface area contributed by atoms with E-state index in [9.17, 15) is 13.2 Å². The number of nitrogens with zero attached hydrogens (tertiary/aromatic N) is 1. The molecular weight excluding hydrogens is 448 g/mol. The fourth-order valence-corrected chi connectivity index (χ4v) is 6.27. The van der Waals surface area contributed by atoms with Crippen LogP contribution in [0, 0.1) is 0 Å². The number of carbonyl (C=O) groups excluding carboxylic acids is 1. The van der Waals surface area contributed by atoms with E-state index in [2.05, 4.69) is 21.2 Å². The molecule has 0 radical (unpaired) electrons. The van der Waals surface area contributed by atoms with E-state index < -0.39 is 10.0 Å². The Morgan fingerprint density at radius 2 is 1.70 bits per heavy atom. The van der Waals surface area contributed by atoms with Gasteiger partial charge in [0.05, 0.1) is 13.0 Å². The van der Waals surface area contributed by atoms with E-state index in [1.165, 1.54) is 11.3 Å². The van der Waals surface area contributed by atoms with Gasteiger partial charge in [-0.1, -0.05) is 40.9 Å². The topological polar surface area (TPSA) is 66.5 Å². The normalized spacial score (nSPS) is 16.0. The van der Waals surface area contributed by atoms with Crippen molar-refractivity contribution in [3.63, 3.8) is 0 Å². The van der Waals surface area contributed by atoms with Crippen molar-refractivity contribution in [3.05, 3.63) is 51.3 Å². The van der Waals surface area contributed by atoms with Crippen molar-refractivity contribution in [2.45, 2.75) is 42.9 Å². The summed E-state index contributed by atoms with van der Waals surface area (Å²) < 4.78 is 28.5. The maximum atomic E-state index is 12.8. The second kappa shape index (κ2) is 9.32. The molecular formula is C19H23BrN2O3S2. The molecule has 3 rings (SSSR count). The highest BCUT2D eigenvalue weighted by Gasteiger charge is 2.26. The van der Waals surface area contributed by atoms with E-state index in [-0.39, 0.29) is 5.91 Å². The molecule has 1 aliphatic heterocycles. The first-order chi connectivity index (χ1) is 12.9. The Labute approximate surface area is 173 Å². The molecule has 5 nitrogen and oxygen atoms in total. The first-order valence-electron chi connectivity index (χ1n) is 9.05. The number of halogens is 1. The second-order valence-corrected chi connectivity index (χ2v) is 10.9. The summed E-state index contributed by atoms with van der Waals surface area (Å²) in [5.41, 5.74) is 0.936. The summed E-state index contributed by atoms with van der Waals surface area (Å²) in [4.78, 5) is 13.0. The maximum absolute atomic E-state index is 12.8. The standard InChI is InChI=1S/C19H23BrN2O3S2/c20-16-7-5-15(6-8-16)13-18(23)21-14-17-9-10-19(26-17)27(24,25)22-11-3-1-2-4-12-22/h5-10H,1-4,11-14H2,(H,21,23). The van der Waals surface area contributed by atoms with E-state index in [1.54, 1.807) is 16.4 Å². The molecule has 2 aromatic rings. The van der Waals surface area contributed by atoms with Crippen LogP contribution in [0.25, 0.3) is 0 Å². The molecule has 1 aliphatic rings. The lowest BCUT2D eigenvalue weighted by molar-refractivity contribution is -0.120. The van der Waals surface area contributed by atoms with Crippen LogP contribution in [0.15, 0.2) is 45.1 Å². The van der Waals surface area contributed by atoms with Crippen LogP contribution in [0.5, 0.6) is 0 Å². The SMILES string of the molecule is O=C(Cc1ccc(Br)cc1)NCc1ccc(S(=O)(=O)N2CCCCCC2)s1. The predicted octanol–water partition coefficient (Wildman–Crippen LogP) is 3.93. The van der Waals surface area contributed by atoms with Crippen molar-refractivity contribution in [2.24, 2.45) is 0 Å². The molecule has 1 N–H and O–H groups in total. The first-order valence-corrected chi connectivity index (χ1v) is 12.1. The van der Waals surface area contributed by atoms with E-state index in [1.807, 2.05) is 24.3 Å². The minimum absolute atomic E-state index is 0.0809. The predicted molar refractivity (Wildman–Crippen MR) is 111 cm³/mol. The highest BCUT2D eigenvalue weighted by atomic mass is 79.9. The summed E-state index contributed by atoms with van der Waals surface area (Å²) in [5.74, 6) is -0.0809. The second-order valence-electron chi connectivity index (χ2n) is 6.62. The van der Waals surface area contributed by atoms with E-state index >= 15 is 0 Å². The van der Waals surface area contributed by atoms with Gasteiger partial charge in [0.25, 0.3) is 10.0 Å². The Balaban J connectivity index is 1.57. The van der Waals surface area contributed by atoms with E-state index in [0.29, 0.717) is 30.3 Å². The average Bonchev–Trinajstić information content (AvgIpc) is 2.96. The fraction of sp³-hybridized carbons (Fsp3) is 0.421. The molecule has 0 saturated carbocycles. The summed E-state index contributed by atoms with van der Waals surface area (Å²) >= 11 is 4.61. The molecule has 1 saturated heterocycles. The monoisotopic (exact) mass is 470 g/mol. The molecule has 2 heterocycles. The molecule has 1 aromatic heterocycles. The highest BCUT2D eigenvalue weighted by Crippen LogP contribution is 2.26. The van der Waals surface area contributed by atoms with Gasteiger partial charge in [0.2, 0.25) is 5.91 Å². The maximum Gasteiger partial charge on any atom is 0.252 e. The Bertz CT molecular complexity index is 871. The van der Waals surface area contributed by atoms with Gasteiger partial charge in [0.15, 0.2) is 0 Å². The highest BCUT2D eigenvalue weighted by molar-refractivity contribution is 9.10. The summed E-state index contributed by atoms with van der Waals surface area (Å²) in [6, 6.07) is 11.1. The fourth-order valence-electron chi connectivity index (χ4n) is 3.04. The van der Waals surface area contributed by atoms with Gasteiger partial charge in [-0.3, -0.25) is 4.79 Å². The van der Waals surface area contributed by atoms with Crippen molar-refractivity contribution in [3.8, 4) is 0 Å². The number of hydrogen-bond donors (Lipinski definition) is 1. The zero-order valence-electron chi connectivity index (χ0n) is 15.0. The molecule has 8 heteroatoms. The smallest absolute Gasteiger partial charge is 0.252 e. The van der Waals surface area contributed by atoms with Crippen molar-refractivity contribution >= 4 is 43.2 Å². The number of hydrogen-bond acceptors (Lipinski definition) is 4. The molecule has 0 bridgehead atoms. The van der Waals surface area contributed by atoms with Crippen LogP contribution in [0.4, 0.5) is 0 Å². The van der Waals surface area contributed by atoms with Crippen molar-refractivity contribution in [2.75, 3.05) is 13.1 Å². The number of amides is 1. The summed E-state index contributed by atoms with van der Waals surface area (Å²) in [7, 11) is -3.42. The summed E-state index contributed by atoms with van der Waals surface area (Å²) in [5, 5.41) is 2.87. The quantitative estimate of drug-likeness (QED) is 0.694. The number of rotatable bonds is 6. The largest absolute Gasteiger partial charge is 0.351 e. The molecule has 0 unspecified atom stereocenters. The third-order valence-corrected chi connectivity index (χ3v) is 8.51. The lowest BCUT2D eigenvalue weighted by atomic mass is 10.1. The minimum atomic E-state index is -3.42. The van der Waals surface area contributed by atoms with Crippen LogP contribution in [0.1, 0.15) is 36.1 Å². The van der Waals surface area contributed by atoms with Crippen LogP contribution < -0.4 is 5.32 Å². The van der Waals surface area contributed by atoms with Gasteiger partial charge in [-0.15, -0.1) is 11.3 Å². The molecule has 27 heavy (non-hydrogen) atoms. The van der Waals surface area contributed by atoms with Crippen LogP contribution in [0.2, 0.25) is 0 Å².